The second-order valence-electron chi connectivity index (χ2n) is 4.14. The highest BCUT2D eigenvalue weighted by molar-refractivity contribution is 5.72. The molecular weight excluding hydrogens is 182 g/mol. The molecule has 4 nitrogen and oxygen atoms in total. The molecule has 4 heteroatoms. The van der Waals surface area contributed by atoms with Crippen molar-refractivity contribution in [3.05, 3.63) is 0 Å². The van der Waals surface area contributed by atoms with Crippen LogP contribution in [0.15, 0.2) is 0 Å². The Hall–Kier alpha value is -0.610. The SMILES string of the molecule is CC(NCC1CCC(O)CC1)C(=O)O. The van der Waals surface area contributed by atoms with Crippen molar-refractivity contribution in [2.24, 2.45) is 5.92 Å². The van der Waals surface area contributed by atoms with Gasteiger partial charge in [-0.05, 0) is 45.1 Å². The van der Waals surface area contributed by atoms with Crippen molar-refractivity contribution in [2.45, 2.75) is 44.8 Å². The third kappa shape index (κ3) is 3.64. The van der Waals surface area contributed by atoms with Gasteiger partial charge in [0.15, 0.2) is 0 Å². The number of nitrogens with one attached hydrogen (secondary N) is 1. The van der Waals surface area contributed by atoms with Crippen molar-refractivity contribution in [2.75, 3.05) is 6.54 Å². The van der Waals surface area contributed by atoms with E-state index in [1.807, 2.05) is 0 Å². The summed E-state index contributed by atoms with van der Waals surface area (Å²) in [7, 11) is 0. The number of aliphatic hydroxyl groups excluding tert-OH is 1. The fourth-order valence-corrected chi connectivity index (χ4v) is 1.78. The molecule has 0 heterocycles. The lowest BCUT2D eigenvalue weighted by Crippen LogP contribution is -2.38. The van der Waals surface area contributed by atoms with Crippen molar-refractivity contribution >= 4 is 5.97 Å². The first-order chi connectivity index (χ1) is 6.59. The van der Waals surface area contributed by atoms with Gasteiger partial charge in [-0.25, -0.2) is 0 Å². The van der Waals surface area contributed by atoms with E-state index in [-0.39, 0.29) is 6.10 Å². The molecule has 3 N–H and O–H groups in total. The standard InChI is InChI=1S/C10H19NO3/c1-7(10(13)14)11-6-8-2-4-9(12)5-3-8/h7-9,11-12H,2-6H2,1H3,(H,13,14). The minimum atomic E-state index is -0.805. The molecule has 0 amide bonds. The van der Waals surface area contributed by atoms with E-state index < -0.39 is 12.0 Å². The molecule has 0 aliphatic heterocycles. The minimum Gasteiger partial charge on any atom is -0.480 e. The first-order valence-corrected chi connectivity index (χ1v) is 5.24. The van der Waals surface area contributed by atoms with Crippen LogP contribution in [0, 0.1) is 5.92 Å². The van der Waals surface area contributed by atoms with E-state index in [4.69, 9.17) is 5.11 Å². The van der Waals surface area contributed by atoms with Crippen molar-refractivity contribution in [3.8, 4) is 0 Å². The first-order valence-electron chi connectivity index (χ1n) is 5.24. The summed E-state index contributed by atoms with van der Waals surface area (Å²) in [6.45, 7) is 2.40. The summed E-state index contributed by atoms with van der Waals surface area (Å²) >= 11 is 0. The fourth-order valence-electron chi connectivity index (χ4n) is 1.78. The summed E-state index contributed by atoms with van der Waals surface area (Å²) in [4.78, 5) is 10.5. The maximum Gasteiger partial charge on any atom is 0.320 e. The third-order valence-corrected chi connectivity index (χ3v) is 2.90. The molecule has 1 aliphatic rings. The molecule has 1 fully saturated rings. The second kappa shape index (κ2) is 5.32. The van der Waals surface area contributed by atoms with Crippen LogP contribution in [0.2, 0.25) is 0 Å². The zero-order valence-electron chi connectivity index (χ0n) is 8.57. The monoisotopic (exact) mass is 201 g/mol. The smallest absolute Gasteiger partial charge is 0.320 e. The van der Waals surface area contributed by atoms with Gasteiger partial charge in [-0.1, -0.05) is 0 Å². The predicted octanol–water partition coefficient (Wildman–Crippen LogP) is 0.600. The Bertz CT molecular complexity index is 188. The molecule has 0 radical (unpaired) electrons. The molecule has 1 unspecified atom stereocenters. The van der Waals surface area contributed by atoms with Crippen LogP contribution in [0.1, 0.15) is 32.6 Å². The normalized spacial score (nSPS) is 29.9. The van der Waals surface area contributed by atoms with Crippen LogP contribution in [0.4, 0.5) is 0 Å². The Kier molecular flexibility index (Phi) is 4.35. The molecule has 82 valence electrons. The predicted molar refractivity (Wildman–Crippen MR) is 53.1 cm³/mol. The Morgan fingerprint density at radius 1 is 1.43 bits per heavy atom. The molecule has 1 rings (SSSR count). The summed E-state index contributed by atoms with van der Waals surface area (Å²) in [5, 5.41) is 20.9. The van der Waals surface area contributed by atoms with Crippen LogP contribution in [-0.4, -0.2) is 34.9 Å². The van der Waals surface area contributed by atoms with Gasteiger partial charge in [0.05, 0.1) is 6.10 Å². The van der Waals surface area contributed by atoms with Gasteiger partial charge in [-0.15, -0.1) is 0 Å². The van der Waals surface area contributed by atoms with E-state index in [0.29, 0.717) is 5.92 Å². The van der Waals surface area contributed by atoms with Gasteiger partial charge in [0, 0.05) is 0 Å². The molecule has 0 bridgehead atoms. The Morgan fingerprint density at radius 3 is 2.50 bits per heavy atom. The van der Waals surface area contributed by atoms with Crippen molar-refractivity contribution in [3.63, 3.8) is 0 Å². The molecule has 1 atom stereocenters. The van der Waals surface area contributed by atoms with Crippen LogP contribution in [0.25, 0.3) is 0 Å². The number of aliphatic hydroxyl groups is 1. The van der Waals surface area contributed by atoms with E-state index in [9.17, 15) is 9.90 Å². The summed E-state index contributed by atoms with van der Waals surface area (Å²) in [6.07, 6.45) is 3.57. The molecule has 0 aromatic carbocycles. The molecule has 0 aromatic heterocycles. The number of carboxylic acid groups (broad SMARTS) is 1. The summed E-state index contributed by atoms with van der Waals surface area (Å²) in [6, 6.07) is -0.471. The number of carbonyl (C=O) groups is 1. The zero-order valence-corrected chi connectivity index (χ0v) is 8.57. The van der Waals surface area contributed by atoms with Crippen LogP contribution in [0.3, 0.4) is 0 Å². The van der Waals surface area contributed by atoms with Gasteiger partial charge in [0.25, 0.3) is 0 Å². The number of hydrogen-bond acceptors (Lipinski definition) is 3. The quantitative estimate of drug-likeness (QED) is 0.623. The van der Waals surface area contributed by atoms with Crippen LogP contribution < -0.4 is 5.32 Å². The lowest BCUT2D eigenvalue weighted by Gasteiger charge is -2.26. The maximum absolute atomic E-state index is 10.5. The van der Waals surface area contributed by atoms with E-state index >= 15 is 0 Å². The Morgan fingerprint density at radius 2 is 2.00 bits per heavy atom. The van der Waals surface area contributed by atoms with Crippen LogP contribution >= 0.6 is 0 Å². The highest BCUT2D eigenvalue weighted by Crippen LogP contribution is 2.23. The van der Waals surface area contributed by atoms with E-state index in [1.165, 1.54) is 0 Å². The highest BCUT2D eigenvalue weighted by atomic mass is 16.4. The Balaban J connectivity index is 2.16. The molecular formula is C10H19NO3. The number of aliphatic carboxylic acids is 1. The zero-order chi connectivity index (χ0) is 10.6. The van der Waals surface area contributed by atoms with Crippen molar-refractivity contribution in [1.82, 2.24) is 5.32 Å². The summed E-state index contributed by atoms with van der Waals surface area (Å²) in [5.74, 6) is -0.277. The van der Waals surface area contributed by atoms with Gasteiger partial charge in [0.2, 0.25) is 0 Å². The number of carboxylic acids is 1. The largest absolute Gasteiger partial charge is 0.480 e. The molecule has 0 aromatic rings. The minimum absolute atomic E-state index is 0.136. The first kappa shape index (κ1) is 11.5. The lowest BCUT2D eigenvalue weighted by atomic mass is 9.87. The van der Waals surface area contributed by atoms with Crippen LogP contribution in [0.5, 0.6) is 0 Å². The van der Waals surface area contributed by atoms with Gasteiger partial charge in [0.1, 0.15) is 6.04 Å². The molecule has 0 spiro atoms. The second-order valence-corrected chi connectivity index (χ2v) is 4.14. The molecule has 1 saturated carbocycles. The Labute approximate surface area is 84.3 Å². The molecule has 0 saturated heterocycles. The maximum atomic E-state index is 10.5. The highest BCUT2D eigenvalue weighted by Gasteiger charge is 2.20. The molecule has 14 heavy (non-hydrogen) atoms. The summed E-state index contributed by atoms with van der Waals surface area (Å²) in [5.41, 5.74) is 0. The average molecular weight is 201 g/mol. The fraction of sp³-hybridized carbons (Fsp3) is 0.900. The van der Waals surface area contributed by atoms with Gasteiger partial charge in [-0.2, -0.15) is 0 Å². The lowest BCUT2D eigenvalue weighted by molar-refractivity contribution is -0.139. The number of rotatable bonds is 4. The third-order valence-electron chi connectivity index (χ3n) is 2.90. The van der Waals surface area contributed by atoms with Gasteiger partial charge < -0.3 is 15.5 Å². The van der Waals surface area contributed by atoms with E-state index in [2.05, 4.69) is 5.32 Å². The summed E-state index contributed by atoms with van der Waals surface area (Å²) < 4.78 is 0. The van der Waals surface area contributed by atoms with Gasteiger partial charge >= 0.3 is 5.97 Å². The van der Waals surface area contributed by atoms with Gasteiger partial charge in [-0.3, -0.25) is 4.79 Å². The van der Waals surface area contributed by atoms with Crippen molar-refractivity contribution < 1.29 is 15.0 Å². The van der Waals surface area contributed by atoms with Crippen LogP contribution in [-0.2, 0) is 4.79 Å². The number of hydrogen-bond donors (Lipinski definition) is 3. The van der Waals surface area contributed by atoms with E-state index in [1.54, 1.807) is 6.92 Å². The average Bonchev–Trinajstić information content (AvgIpc) is 2.16. The topological polar surface area (TPSA) is 69.6 Å². The van der Waals surface area contributed by atoms with Crippen molar-refractivity contribution in [1.29, 1.82) is 0 Å². The van der Waals surface area contributed by atoms with E-state index in [0.717, 1.165) is 32.2 Å². The molecule has 1 aliphatic carbocycles.